The molecule has 0 radical (unpaired) electrons. The Hall–Kier alpha value is -0.160. The van der Waals surface area contributed by atoms with Gasteiger partial charge in [0.2, 0.25) is 0 Å². The van der Waals surface area contributed by atoms with E-state index in [1.165, 1.54) is 45.3 Å². The lowest BCUT2D eigenvalue weighted by Gasteiger charge is -2.41. The third-order valence-electron chi connectivity index (χ3n) is 5.68. The Balaban J connectivity index is 1.42. The van der Waals surface area contributed by atoms with Crippen LogP contribution in [-0.4, -0.2) is 62.0 Å². The van der Waals surface area contributed by atoms with Crippen molar-refractivity contribution in [3.8, 4) is 0 Å². The van der Waals surface area contributed by atoms with Crippen molar-refractivity contribution in [3.05, 3.63) is 0 Å². The van der Waals surface area contributed by atoms with Gasteiger partial charge in [0.25, 0.3) is 0 Å². The Morgan fingerprint density at radius 3 is 3.00 bits per heavy atom. The molecule has 4 heteroatoms. The van der Waals surface area contributed by atoms with Gasteiger partial charge < -0.3 is 14.8 Å². The first-order valence-corrected chi connectivity index (χ1v) is 8.04. The zero-order valence-corrected chi connectivity index (χ0v) is 11.8. The van der Waals surface area contributed by atoms with Crippen LogP contribution in [0.2, 0.25) is 0 Å². The molecule has 0 aliphatic carbocycles. The van der Waals surface area contributed by atoms with E-state index in [1.807, 2.05) is 0 Å². The van der Waals surface area contributed by atoms with E-state index < -0.39 is 0 Å². The maximum Gasteiger partial charge on any atom is 0.0951 e. The number of rotatable bonds is 1. The van der Waals surface area contributed by atoms with Crippen molar-refractivity contribution < 1.29 is 9.47 Å². The molecule has 4 fully saturated rings. The standard InChI is InChI=1S/C15H26N2O2/c1-2-12-9-17(10-14(12)16-5-1)13-3-6-19-15(8-13)4-7-18-11-15/h12-14,16H,1-11H2/t12-,13?,14+,15?/m0/s1. The van der Waals surface area contributed by atoms with Crippen molar-refractivity contribution in [3.63, 3.8) is 0 Å². The molecule has 4 heterocycles. The molecule has 0 amide bonds. The van der Waals surface area contributed by atoms with Crippen molar-refractivity contribution in [1.82, 2.24) is 10.2 Å². The highest BCUT2D eigenvalue weighted by atomic mass is 16.6. The summed E-state index contributed by atoms with van der Waals surface area (Å²) in [6.45, 7) is 6.42. The van der Waals surface area contributed by atoms with Crippen LogP contribution in [0.3, 0.4) is 0 Å². The largest absolute Gasteiger partial charge is 0.378 e. The molecule has 19 heavy (non-hydrogen) atoms. The topological polar surface area (TPSA) is 33.7 Å². The van der Waals surface area contributed by atoms with Crippen molar-refractivity contribution >= 4 is 0 Å². The molecule has 4 rings (SSSR count). The molecule has 0 aromatic heterocycles. The summed E-state index contributed by atoms with van der Waals surface area (Å²) < 4.78 is 11.7. The van der Waals surface area contributed by atoms with E-state index in [1.54, 1.807) is 0 Å². The van der Waals surface area contributed by atoms with Gasteiger partial charge in [0.05, 0.1) is 12.2 Å². The van der Waals surface area contributed by atoms with Crippen LogP contribution in [0.1, 0.15) is 32.1 Å². The van der Waals surface area contributed by atoms with Gasteiger partial charge >= 0.3 is 0 Å². The first-order chi connectivity index (χ1) is 9.35. The molecule has 2 unspecified atom stereocenters. The lowest BCUT2D eigenvalue weighted by molar-refractivity contribution is -0.104. The van der Waals surface area contributed by atoms with Crippen LogP contribution < -0.4 is 5.32 Å². The fraction of sp³-hybridized carbons (Fsp3) is 1.00. The van der Waals surface area contributed by atoms with Crippen LogP contribution in [0.5, 0.6) is 0 Å². The first kappa shape index (κ1) is 12.6. The van der Waals surface area contributed by atoms with Gasteiger partial charge in [-0.05, 0) is 38.1 Å². The van der Waals surface area contributed by atoms with Crippen LogP contribution in [0, 0.1) is 5.92 Å². The van der Waals surface area contributed by atoms with E-state index in [9.17, 15) is 0 Å². The van der Waals surface area contributed by atoms with Gasteiger partial charge in [-0.3, -0.25) is 4.90 Å². The van der Waals surface area contributed by atoms with Gasteiger partial charge in [-0.25, -0.2) is 0 Å². The van der Waals surface area contributed by atoms with Gasteiger partial charge in [0.15, 0.2) is 0 Å². The maximum absolute atomic E-state index is 6.07. The van der Waals surface area contributed by atoms with Crippen LogP contribution >= 0.6 is 0 Å². The second-order valence-corrected chi connectivity index (χ2v) is 6.90. The van der Waals surface area contributed by atoms with E-state index >= 15 is 0 Å². The number of piperidine rings is 1. The van der Waals surface area contributed by atoms with Crippen LogP contribution in [0.25, 0.3) is 0 Å². The van der Waals surface area contributed by atoms with Gasteiger partial charge in [-0.2, -0.15) is 0 Å². The maximum atomic E-state index is 6.07. The fourth-order valence-electron chi connectivity index (χ4n) is 4.56. The minimum Gasteiger partial charge on any atom is -0.378 e. The molecule has 0 bridgehead atoms. The quantitative estimate of drug-likeness (QED) is 0.768. The number of nitrogens with zero attached hydrogens (tertiary/aromatic N) is 1. The molecular formula is C15H26N2O2. The van der Waals surface area contributed by atoms with Crippen molar-refractivity contribution in [1.29, 1.82) is 0 Å². The highest BCUT2D eigenvalue weighted by Crippen LogP contribution is 2.37. The van der Waals surface area contributed by atoms with Gasteiger partial charge in [0.1, 0.15) is 0 Å². The molecule has 4 aliphatic rings. The normalized spacial score (nSPS) is 47.7. The molecule has 108 valence electrons. The van der Waals surface area contributed by atoms with Crippen molar-refractivity contribution in [2.75, 3.05) is 39.5 Å². The predicted molar refractivity (Wildman–Crippen MR) is 73.2 cm³/mol. The average Bonchev–Trinajstić information content (AvgIpc) is 3.05. The summed E-state index contributed by atoms with van der Waals surface area (Å²) in [6.07, 6.45) is 6.28. The lowest BCUT2D eigenvalue weighted by atomic mass is 9.89. The summed E-state index contributed by atoms with van der Waals surface area (Å²) in [5.74, 6) is 0.896. The van der Waals surface area contributed by atoms with E-state index in [4.69, 9.17) is 9.47 Å². The average molecular weight is 266 g/mol. The SMILES string of the molecule is C1CN[C@@H]2CN(C3CCOC4(CCOC4)C3)C[C@@H]2C1. The third kappa shape index (κ3) is 2.33. The summed E-state index contributed by atoms with van der Waals surface area (Å²) in [5, 5.41) is 3.71. The summed E-state index contributed by atoms with van der Waals surface area (Å²) in [5.41, 5.74) is 0.0596. The Labute approximate surface area is 115 Å². The number of fused-ring (bicyclic) bond motifs is 1. The number of likely N-dealkylation sites (tertiary alicyclic amines) is 1. The first-order valence-electron chi connectivity index (χ1n) is 8.04. The zero-order chi connectivity index (χ0) is 12.7. The lowest BCUT2D eigenvalue weighted by Crippen LogP contribution is -2.49. The minimum atomic E-state index is 0.0596. The van der Waals surface area contributed by atoms with E-state index in [-0.39, 0.29) is 5.60 Å². The number of ether oxygens (including phenoxy) is 2. The molecular weight excluding hydrogens is 240 g/mol. The third-order valence-corrected chi connectivity index (χ3v) is 5.68. The van der Waals surface area contributed by atoms with E-state index in [2.05, 4.69) is 10.2 Å². The minimum absolute atomic E-state index is 0.0596. The molecule has 0 aromatic rings. The summed E-state index contributed by atoms with van der Waals surface area (Å²) in [7, 11) is 0. The van der Waals surface area contributed by atoms with Crippen LogP contribution in [0.15, 0.2) is 0 Å². The predicted octanol–water partition coefficient (Wildman–Crippen LogP) is 1.01. The van der Waals surface area contributed by atoms with Gasteiger partial charge in [-0.15, -0.1) is 0 Å². The molecule has 4 atom stereocenters. The van der Waals surface area contributed by atoms with Crippen molar-refractivity contribution in [2.45, 2.75) is 49.8 Å². The van der Waals surface area contributed by atoms with Crippen LogP contribution in [0.4, 0.5) is 0 Å². The molecule has 0 aromatic carbocycles. The number of hydrogen-bond donors (Lipinski definition) is 1. The van der Waals surface area contributed by atoms with Crippen LogP contribution in [-0.2, 0) is 9.47 Å². The van der Waals surface area contributed by atoms with Crippen molar-refractivity contribution in [2.24, 2.45) is 5.92 Å². The molecule has 4 nitrogen and oxygen atoms in total. The monoisotopic (exact) mass is 266 g/mol. The zero-order valence-electron chi connectivity index (χ0n) is 11.8. The Morgan fingerprint density at radius 1 is 1.16 bits per heavy atom. The van der Waals surface area contributed by atoms with E-state index in [0.717, 1.165) is 44.2 Å². The molecule has 0 saturated carbocycles. The Bertz CT molecular complexity index is 316. The fourth-order valence-corrected chi connectivity index (χ4v) is 4.56. The Kier molecular flexibility index (Phi) is 3.30. The molecule has 4 aliphatic heterocycles. The highest BCUT2D eigenvalue weighted by Gasteiger charge is 2.45. The number of hydrogen-bond acceptors (Lipinski definition) is 4. The van der Waals surface area contributed by atoms with E-state index in [0.29, 0.717) is 0 Å². The van der Waals surface area contributed by atoms with Gasteiger partial charge in [0, 0.05) is 44.8 Å². The summed E-state index contributed by atoms with van der Waals surface area (Å²) >= 11 is 0. The Morgan fingerprint density at radius 2 is 2.16 bits per heavy atom. The number of nitrogens with one attached hydrogen (secondary N) is 1. The summed E-state index contributed by atoms with van der Waals surface area (Å²) in [4.78, 5) is 2.75. The summed E-state index contributed by atoms with van der Waals surface area (Å²) in [6, 6.07) is 1.48. The highest BCUT2D eigenvalue weighted by molar-refractivity contribution is 4.99. The smallest absolute Gasteiger partial charge is 0.0951 e. The second kappa shape index (κ2) is 4.99. The molecule has 4 saturated heterocycles. The molecule has 1 N–H and O–H groups in total. The molecule has 1 spiro atoms. The second-order valence-electron chi connectivity index (χ2n) is 6.90. The van der Waals surface area contributed by atoms with Gasteiger partial charge in [-0.1, -0.05) is 0 Å².